The largest absolute Gasteiger partial charge is 0.294 e. The number of aromatic nitrogens is 2. The highest BCUT2D eigenvalue weighted by Gasteiger charge is 2.05. The molecule has 0 aliphatic carbocycles. The van der Waals surface area contributed by atoms with Crippen LogP contribution in [0.5, 0.6) is 0 Å². The van der Waals surface area contributed by atoms with Crippen LogP contribution < -0.4 is 0 Å². The molecule has 82 valence electrons. The van der Waals surface area contributed by atoms with Crippen LogP contribution in [0.4, 0.5) is 0 Å². The first kappa shape index (κ1) is 10.6. The van der Waals surface area contributed by atoms with E-state index in [4.69, 9.17) is 0 Å². The predicted molar refractivity (Wildman–Crippen MR) is 62.4 cm³/mol. The molecule has 0 bridgehead atoms. The zero-order chi connectivity index (χ0) is 11.4. The summed E-state index contributed by atoms with van der Waals surface area (Å²) in [4.78, 5) is 11.4. The molecule has 1 heterocycles. The van der Waals surface area contributed by atoms with E-state index in [0.29, 0.717) is 18.5 Å². The summed E-state index contributed by atoms with van der Waals surface area (Å²) < 4.78 is 1.79. The van der Waals surface area contributed by atoms with Crippen molar-refractivity contribution in [2.75, 3.05) is 0 Å². The van der Waals surface area contributed by atoms with Gasteiger partial charge in [0.15, 0.2) is 5.78 Å². The van der Waals surface area contributed by atoms with Crippen molar-refractivity contribution in [2.45, 2.75) is 19.9 Å². The van der Waals surface area contributed by atoms with Crippen molar-refractivity contribution in [2.24, 2.45) is 0 Å². The first-order chi connectivity index (χ1) is 7.79. The first-order valence-corrected chi connectivity index (χ1v) is 5.39. The van der Waals surface area contributed by atoms with Gasteiger partial charge >= 0.3 is 0 Å². The minimum absolute atomic E-state index is 0.138. The van der Waals surface area contributed by atoms with Gasteiger partial charge in [0.25, 0.3) is 0 Å². The van der Waals surface area contributed by atoms with Gasteiger partial charge in [-0.15, -0.1) is 0 Å². The van der Waals surface area contributed by atoms with Gasteiger partial charge in [0.2, 0.25) is 0 Å². The Morgan fingerprint density at radius 1 is 1.31 bits per heavy atom. The van der Waals surface area contributed by atoms with Crippen molar-refractivity contribution >= 4 is 5.78 Å². The molecular weight excluding hydrogens is 200 g/mol. The first-order valence-electron chi connectivity index (χ1n) is 5.39. The van der Waals surface area contributed by atoms with E-state index in [0.717, 1.165) is 0 Å². The van der Waals surface area contributed by atoms with Crippen molar-refractivity contribution in [3.05, 3.63) is 53.9 Å². The molecule has 0 atom stereocenters. The second-order valence-electron chi connectivity index (χ2n) is 3.69. The summed E-state index contributed by atoms with van der Waals surface area (Å²) in [7, 11) is 0. The van der Waals surface area contributed by atoms with Gasteiger partial charge in [-0.2, -0.15) is 5.10 Å². The fourth-order valence-corrected chi connectivity index (χ4v) is 1.57. The van der Waals surface area contributed by atoms with Gasteiger partial charge in [-0.1, -0.05) is 37.3 Å². The van der Waals surface area contributed by atoms with Gasteiger partial charge in [0.05, 0.1) is 18.3 Å². The molecule has 0 aliphatic rings. The van der Waals surface area contributed by atoms with E-state index in [2.05, 4.69) is 5.10 Å². The zero-order valence-electron chi connectivity index (χ0n) is 9.26. The Bertz CT molecular complexity index is 474. The molecule has 0 saturated heterocycles. The Morgan fingerprint density at radius 2 is 2.06 bits per heavy atom. The average Bonchev–Trinajstić information content (AvgIpc) is 2.78. The molecule has 0 radical (unpaired) electrons. The molecule has 0 N–H and O–H groups in total. The third-order valence-corrected chi connectivity index (χ3v) is 2.46. The molecule has 0 spiro atoms. The lowest BCUT2D eigenvalue weighted by Gasteiger charge is -2.00. The molecule has 1 aromatic carbocycles. The maximum Gasteiger partial charge on any atom is 0.165 e. The average molecular weight is 214 g/mol. The van der Waals surface area contributed by atoms with E-state index in [1.54, 1.807) is 17.1 Å². The topological polar surface area (TPSA) is 34.9 Å². The highest BCUT2D eigenvalue weighted by atomic mass is 16.1. The Kier molecular flexibility index (Phi) is 3.15. The van der Waals surface area contributed by atoms with Gasteiger partial charge < -0.3 is 0 Å². The number of carbonyl (C=O) groups excluding carboxylic acids is 1. The summed E-state index contributed by atoms with van der Waals surface area (Å²) in [5.41, 5.74) is 1.87. The molecule has 0 amide bonds. The fourth-order valence-electron chi connectivity index (χ4n) is 1.57. The number of hydrogen-bond acceptors (Lipinski definition) is 2. The van der Waals surface area contributed by atoms with Gasteiger partial charge in [-0.05, 0) is 5.56 Å². The fraction of sp³-hybridized carbons (Fsp3) is 0.231. The lowest BCUT2D eigenvalue weighted by molar-refractivity contribution is 0.0988. The molecular formula is C13H14N2O. The molecule has 0 fully saturated rings. The van der Waals surface area contributed by atoms with Gasteiger partial charge in [0.1, 0.15) is 0 Å². The van der Waals surface area contributed by atoms with Crippen LogP contribution >= 0.6 is 0 Å². The number of benzene rings is 1. The number of hydrogen-bond donors (Lipinski definition) is 0. The molecule has 1 aromatic heterocycles. The molecule has 3 heteroatoms. The Balaban J connectivity index is 2.12. The SMILES string of the molecule is CCC(=O)c1cnn(Cc2ccccc2)c1. The van der Waals surface area contributed by atoms with Gasteiger partial charge in [-0.3, -0.25) is 9.48 Å². The normalized spacial score (nSPS) is 10.3. The van der Waals surface area contributed by atoms with Crippen LogP contribution in [0.3, 0.4) is 0 Å². The van der Waals surface area contributed by atoms with E-state index in [9.17, 15) is 4.79 Å². The molecule has 0 unspecified atom stereocenters. The quantitative estimate of drug-likeness (QED) is 0.733. The Labute approximate surface area is 94.7 Å². The standard InChI is InChI=1S/C13H14N2O/c1-2-13(16)12-8-14-15(10-12)9-11-6-4-3-5-7-11/h3-8,10H,2,9H2,1H3. The summed E-state index contributed by atoms with van der Waals surface area (Å²) in [6.45, 7) is 2.56. The number of Topliss-reactive ketones (excluding diaryl/α,β-unsaturated/α-hetero) is 1. The molecule has 0 aliphatic heterocycles. The van der Waals surface area contributed by atoms with Crippen molar-refractivity contribution < 1.29 is 4.79 Å². The van der Waals surface area contributed by atoms with E-state index in [1.807, 2.05) is 37.3 Å². The Hall–Kier alpha value is -1.90. The summed E-state index contributed by atoms with van der Waals surface area (Å²) in [6.07, 6.45) is 3.96. The van der Waals surface area contributed by atoms with Crippen LogP contribution in [0.1, 0.15) is 29.3 Å². The summed E-state index contributed by atoms with van der Waals surface area (Å²) in [5.74, 6) is 0.138. The zero-order valence-corrected chi connectivity index (χ0v) is 9.26. The van der Waals surface area contributed by atoms with Crippen LogP contribution in [0.25, 0.3) is 0 Å². The van der Waals surface area contributed by atoms with Gasteiger partial charge in [-0.25, -0.2) is 0 Å². The van der Waals surface area contributed by atoms with Crippen molar-refractivity contribution in [1.82, 2.24) is 9.78 Å². The maximum absolute atomic E-state index is 11.4. The summed E-state index contributed by atoms with van der Waals surface area (Å²) >= 11 is 0. The van der Waals surface area contributed by atoms with E-state index >= 15 is 0 Å². The van der Waals surface area contributed by atoms with E-state index in [1.165, 1.54) is 5.56 Å². The minimum atomic E-state index is 0.138. The molecule has 16 heavy (non-hydrogen) atoms. The molecule has 3 nitrogen and oxygen atoms in total. The number of ketones is 1. The number of carbonyl (C=O) groups is 1. The van der Waals surface area contributed by atoms with Crippen molar-refractivity contribution in [1.29, 1.82) is 0 Å². The maximum atomic E-state index is 11.4. The molecule has 2 aromatic rings. The monoisotopic (exact) mass is 214 g/mol. The van der Waals surface area contributed by atoms with Crippen LogP contribution in [0.15, 0.2) is 42.7 Å². The highest BCUT2D eigenvalue weighted by Crippen LogP contribution is 2.05. The van der Waals surface area contributed by atoms with Crippen LogP contribution in [0.2, 0.25) is 0 Å². The third-order valence-electron chi connectivity index (χ3n) is 2.46. The van der Waals surface area contributed by atoms with E-state index < -0.39 is 0 Å². The van der Waals surface area contributed by atoms with Crippen molar-refractivity contribution in [3.63, 3.8) is 0 Å². The van der Waals surface area contributed by atoms with Crippen LogP contribution in [-0.2, 0) is 6.54 Å². The molecule has 2 rings (SSSR count). The second-order valence-corrected chi connectivity index (χ2v) is 3.69. The Morgan fingerprint density at radius 3 is 2.75 bits per heavy atom. The lowest BCUT2D eigenvalue weighted by Crippen LogP contribution is -2.00. The van der Waals surface area contributed by atoms with Crippen molar-refractivity contribution in [3.8, 4) is 0 Å². The minimum Gasteiger partial charge on any atom is -0.294 e. The third kappa shape index (κ3) is 2.37. The summed E-state index contributed by atoms with van der Waals surface area (Å²) in [5, 5.41) is 4.18. The second kappa shape index (κ2) is 4.75. The number of nitrogens with zero attached hydrogens (tertiary/aromatic N) is 2. The smallest absolute Gasteiger partial charge is 0.165 e. The number of rotatable bonds is 4. The molecule has 0 saturated carbocycles. The summed E-state index contributed by atoms with van der Waals surface area (Å²) in [6, 6.07) is 10.1. The highest BCUT2D eigenvalue weighted by molar-refractivity contribution is 5.95. The predicted octanol–water partition coefficient (Wildman–Crippen LogP) is 2.52. The van der Waals surface area contributed by atoms with Crippen LogP contribution in [0, 0.1) is 0 Å². The van der Waals surface area contributed by atoms with Crippen LogP contribution in [-0.4, -0.2) is 15.6 Å². The lowest BCUT2D eigenvalue weighted by atomic mass is 10.2. The van der Waals surface area contributed by atoms with Gasteiger partial charge in [0, 0.05) is 12.6 Å². The van der Waals surface area contributed by atoms with E-state index in [-0.39, 0.29) is 5.78 Å².